The topological polar surface area (TPSA) is 94.9 Å². The Morgan fingerprint density at radius 3 is 2.28 bits per heavy atom. The van der Waals surface area contributed by atoms with Gasteiger partial charge >= 0.3 is 5.97 Å². The summed E-state index contributed by atoms with van der Waals surface area (Å²) in [7, 11) is 0. The molecule has 0 spiro atoms. The summed E-state index contributed by atoms with van der Waals surface area (Å²) in [5, 5.41) is 10.3. The molecule has 0 amide bonds. The van der Waals surface area contributed by atoms with Gasteiger partial charge in [0.15, 0.2) is 5.75 Å². The van der Waals surface area contributed by atoms with Crippen molar-refractivity contribution >= 4 is 35.1 Å². The summed E-state index contributed by atoms with van der Waals surface area (Å²) in [5.74, 6) is 2.41. The zero-order chi connectivity index (χ0) is 29.9. The summed E-state index contributed by atoms with van der Waals surface area (Å²) in [5.41, 5.74) is 2.71. The first-order chi connectivity index (χ1) is 20.8. The van der Waals surface area contributed by atoms with Crippen molar-refractivity contribution in [1.29, 1.82) is 0 Å². The molecule has 2 aromatic heterocycles. The Bertz CT molecular complexity index is 1400. The van der Waals surface area contributed by atoms with Gasteiger partial charge in [-0.15, -0.1) is 0 Å². The van der Waals surface area contributed by atoms with Crippen molar-refractivity contribution in [3.8, 4) is 22.9 Å². The Kier molecular flexibility index (Phi) is 9.33. The largest absolute Gasteiger partial charge is 0.481 e. The summed E-state index contributed by atoms with van der Waals surface area (Å²) >= 11 is 12.7. The van der Waals surface area contributed by atoms with Gasteiger partial charge in [-0.3, -0.25) is 14.6 Å². The van der Waals surface area contributed by atoms with Crippen molar-refractivity contribution in [2.24, 2.45) is 17.8 Å². The van der Waals surface area contributed by atoms with Crippen LogP contribution in [0.3, 0.4) is 0 Å². The number of benzene rings is 1. The van der Waals surface area contributed by atoms with E-state index in [4.69, 9.17) is 38.0 Å². The number of rotatable bonds is 10. The van der Waals surface area contributed by atoms with Crippen LogP contribution in [0.15, 0.2) is 42.7 Å². The van der Waals surface area contributed by atoms with Crippen LogP contribution in [-0.2, 0) is 11.3 Å². The van der Waals surface area contributed by atoms with E-state index in [2.05, 4.69) is 30.7 Å². The van der Waals surface area contributed by atoms with Gasteiger partial charge in [-0.1, -0.05) is 30.1 Å². The van der Waals surface area contributed by atoms with Gasteiger partial charge in [0.05, 0.1) is 24.0 Å². The number of carboxylic acid groups (broad SMARTS) is 1. The first-order valence-corrected chi connectivity index (χ1v) is 15.9. The molecule has 6 rings (SSSR count). The summed E-state index contributed by atoms with van der Waals surface area (Å²) in [6, 6.07) is 9.55. The molecule has 11 heteroatoms. The Balaban J connectivity index is 1.13. The number of halogens is 2. The molecule has 4 heterocycles. The van der Waals surface area contributed by atoms with E-state index in [0.717, 1.165) is 81.0 Å². The van der Waals surface area contributed by atoms with Crippen LogP contribution in [0.25, 0.3) is 11.3 Å². The van der Waals surface area contributed by atoms with E-state index in [1.807, 2.05) is 18.2 Å². The van der Waals surface area contributed by atoms with Crippen LogP contribution >= 0.6 is 23.2 Å². The maximum Gasteiger partial charge on any atom is 0.306 e. The number of fused-ring (bicyclic) bond motifs is 1. The third-order valence-electron chi connectivity index (χ3n) is 8.92. The maximum absolute atomic E-state index is 11.1. The van der Waals surface area contributed by atoms with Gasteiger partial charge in [-0.05, 0) is 87.0 Å². The third kappa shape index (κ3) is 7.95. The molecule has 3 fully saturated rings. The molecule has 2 aliphatic heterocycles. The molecule has 43 heavy (non-hydrogen) atoms. The summed E-state index contributed by atoms with van der Waals surface area (Å²) in [4.78, 5) is 32.1. The minimum absolute atomic E-state index is 0.330. The molecule has 3 aliphatic rings. The molecule has 1 aliphatic carbocycles. The number of anilines is 1. The predicted octanol–water partition coefficient (Wildman–Crippen LogP) is 6.10. The number of piperazine rings is 1. The van der Waals surface area contributed by atoms with Gasteiger partial charge in [0.25, 0.3) is 0 Å². The van der Waals surface area contributed by atoms with Crippen molar-refractivity contribution in [1.82, 2.24) is 24.8 Å². The second-order valence-electron chi connectivity index (χ2n) is 12.1. The molecule has 3 atom stereocenters. The van der Waals surface area contributed by atoms with Gasteiger partial charge in [-0.25, -0.2) is 15.0 Å². The van der Waals surface area contributed by atoms with Crippen LogP contribution in [-0.4, -0.2) is 81.6 Å². The van der Waals surface area contributed by atoms with E-state index < -0.39 is 5.97 Å². The Labute approximate surface area is 262 Å². The third-order valence-corrected chi connectivity index (χ3v) is 9.36. The highest BCUT2D eigenvalue weighted by molar-refractivity contribution is 6.35. The molecule has 0 radical (unpaired) electrons. The van der Waals surface area contributed by atoms with Crippen molar-refractivity contribution in [2.75, 3.05) is 50.7 Å². The van der Waals surface area contributed by atoms with Crippen molar-refractivity contribution < 1.29 is 14.6 Å². The molecule has 3 aromatic rings. The highest BCUT2D eigenvalue weighted by atomic mass is 35.5. The van der Waals surface area contributed by atoms with E-state index >= 15 is 0 Å². The van der Waals surface area contributed by atoms with Crippen LogP contribution in [0, 0.1) is 17.8 Å². The fourth-order valence-electron chi connectivity index (χ4n) is 6.11. The fourth-order valence-corrected chi connectivity index (χ4v) is 6.64. The van der Waals surface area contributed by atoms with Crippen molar-refractivity contribution in [3.05, 3.63) is 58.3 Å². The number of ether oxygens (including phenoxy) is 1. The van der Waals surface area contributed by atoms with Crippen LogP contribution in [0.2, 0.25) is 10.0 Å². The molecule has 9 nitrogen and oxygen atoms in total. The lowest BCUT2D eigenvalue weighted by Crippen LogP contribution is -2.47. The van der Waals surface area contributed by atoms with E-state index in [1.54, 1.807) is 25.4 Å². The minimum Gasteiger partial charge on any atom is -0.481 e. The molecule has 3 unspecified atom stereocenters. The quantitative estimate of drug-likeness (QED) is 0.287. The number of likely N-dealkylation sites (tertiary alicyclic amines) is 1. The standard InChI is InChI=1S/C32H38Cl2N6O3/c1-21(31(41)42)2-5-38-8-10-40(11-9-38)32-35-18-28(19-36-32)43-30-13-22(20-39-6-3-23-14-24(23)4-7-39)12-29(37-30)25-15-26(33)17-27(34)16-25/h12-13,15-19,21,23-24H,2-11,14,20H2,1H3,(H,41,42). The number of aromatic nitrogens is 3. The van der Waals surface area contributed by atoms with Crippen LogP contribution in [0.5, 0.6) is 11.6 Å². The SMILES string of the molecule is CC(CCN1CCN(c2ncc(Oc3cc(CN4CCC5CC5CC4)cc(-c4cc(Cl)cc(Cl)c4)n3)cn2)CC1)C(=O)O. The normalized spacial score (nSPS) is 21.6. The monoisotopic (exact) mass is 624 g/mol. The molecule has 1 N–H and O–H groups in total. The zero-order valence-corrected chi connectivity index (χ0v) is 26.0. The fraction of sp³-hybridized carbons (Fsp3) is 0.500. The van der Waals surface area contributed by atoms with Crippen LogP contribution in [0.1, 0.15) is 38.2 Å². The van der Waals surface area contributed by atoms with Gasteiger partial charge in [0.2, 0.25) is 11.8 Å². The number of hydrogen-bond acceptors (Lipinski definition) is 8. The average molecular weight is 626 g/mol. The Hall–Kier alpha value is -2.98. The summed E-state index contributed by atoms with van der Waals surface area (Å²) in [6.45, 7) is 8.86. The molecule has 1 aromatic carbocycles. The molecule has 0 bridgehead atoms. The van der Waals surface area contributed by atoms with E-state index in [1.165, 1.54) is 19.3 Å². The Morgan fingerprint density at radius 2 is 1.63 bits per heavy atom. The molecular formula is C32H38Cl2N6O3. The number of pyridine rings is 1. The van der Waals surface area contributed by atoms with Gasteiger partial charge in [-0.2, -0.15) is 0 Å². The van der Waals surface area contributed by atoms with E-state index in [0.29, 0.717) is 34.0 Å². The second kappa shape index (κ2) is 13.3. The number of aliphatic carboxylic acids is 1. The predicted molar refractivity (Wildman–Crippen MR) is 168 cm³/mol. The van der Waals surface area contributed by atoms with Crippen LogP contribution < -0.4 is 9.64 Å². The number of hydrogen-bond donors (Lipinski definition) is 1. The van der Waals surface area contributed by atoms with Crippen molar-refractivity contribution in [3.63, 3.8) is 0 Å². The van der Waals surface area contributed by atoms with Crippen molar-refractivity contribution in [2.45, 2.75) is 39.2 Å². The lowest BCUT2D eigenvalue weighted by molar-refractivity contribution is -0.141. The number of carbonyl (C=O) groups is 1. The molecule has 2 saturated heterocycles. The van der Waals surface area contributed by atoms with E-state index in [-0.39, 0.29) is 5.92 Å². The smallest absolute Gasteiger partial charge is 0.306 e. The highest BCUT2D eigenvalue weighted by Crippen LogP contribution is 2.45. The lowest BCUT2D eigenvalue weighted by atomic mass is 10.1. The molecule has 228 valence electrons. The molecular weight excluding hydrogens is 587 g/mol. The first kappa shape index (κ1) is 30.1. The minimum atomic E-state index is -0.741. The number of nitrogens with zero attached hydrogens (tertiary/aromatic N) is 6. The molecule has 1 saturated carbocycles. The second-order valence-corrected chi connectivity index (χ2v) is 13.0. The van der Waals surface area contributed by atoms with Gasteiger partial charge in [0.1, 0.15) is 0 Å². The maximum atomic E-state index is 11.1. The van der Waals surface area contributed by atoms with Gasteiger partial charge < -0.3 is 14.7 Å². The summed E-state index contributed by atoms with van der Waals surface area (Å²) < 4.78 is 6.22. The average Bonchev–Trinajstić information content (AvgIpc) is 3.77. The highest BCUT2D eigenvalue weighted by Gasteiger charge is 2.38. The van der Waals surface area contributed by atoms with Gasteiger partial charge in [0, 0.05) is 54.4 Å². The zero-order valence-electron chi connectivity index (χ0n) is 24.5. The van der Waals surface area contributed by atoms with Crippen LogP contribution in [0.4, 0.5) is 5.95 Å². The van der Waals surface area contributed by atoms with E-state index in [9.17, 15) is 4.79 Å². The summed E-state index contributed by atoms with van der Waals surface area (Å²) in [6.07, 6.45) is 7.99. The first-order valence-electron chi connectivity index (χ1n) is 15.2. The number of carboxylic acids is 1. The Morgan fingerprint density at radius 1 is 0.953 bits per heavy atom. The lowest BCUT2D eigenvalue weighted by Gasteiger charge is -2.34.